The lowest BCUT2D eigenvalue weighted by atomic mass is 9.67. The van der Waals surface area contributed by atoms with Crippen molar-refractivity contribution in [1.82, 2.24) is 0 Å². The number of fused-ring (bicyclic) bond motifs is 3. The van der Waals surface area contributed by atoms with E-state index in [-0.39, 0.29) is 53.7 Å². The molecule has 2 heterocycles. The van der Waals surface area contributed by atoms with E-state index in [0.717, 1.165) is 28.0 Å². The van der Waals surface area contributed by atoms with Crippen LogP contribution in [0.4, 0.5) is 4.79 Å². The van der Waals surface area contributed by atoms with Gasteiger partial charge in [-0.2, -0.15) is 11.8 Å². The molecule has 0 unspecified atom stereocenters. The van der Waals surface area contributed by atoms with Gasteiger partial charge < -0.3 is 33.2 Å². The average molecular weight is 579 g/mol. The van der Waals surface area contributed by atoms with Gasteiger partial charge in [-0.3, -0.25) is 4.79 Å². The summed E-state index contributed by atoms with van der Waals surface area (Å²) in [5, 5.41) is 0.0583. The first-order valence-electron chi connectivity index (χ1n) is 13.4. The van der Waals surface area contributed by atoms with Gasteiger partial charge in [0.2, 0.25) is 12.5 Å². The number of hydrogen-bond acceptors (Lipinski definition) is 10. The Balaban J connectivity index is 1.39. The molecule has 4 atom stereocenters. The minimum Gasteiger partial charge on any atom is -0.493 e. The number of methoxy groups -OCH3 is 2. The maximum absolute atomic E-state index is 13.3. The smallest absolute Gasteiger partial charge is 0.493 e. The van der Waals surface area contributed by atoms with Crippen LogP contribution in [0.25, 0.3) is 0 Å². The van der Waals surface area contributed by atoms with E-state index in [4.69, 9.17) is 33.2 Å². The van der Waals surface area contributed by atoms with E-state index in [2.05, 4.69) is 6.92 Å². The maximum Gasteiger partial charge on any atom is 0.514 e. The van der Waals surface area contributed by atoms with Gasteiger partial charge in [0.05, 0.1) is 26.7 Å². The molecular weight excluding hydrogens is 548 g/mol. The number of esters is 1. The SMILES string of the molecule is CCS[C@@H]1c2cc3c(cc2[C@@H](c2cc(OC)c(OC(=O)OCc4ccccc4)c(OC)c2)[C@H]2C(=O)OC[C@@H]21)OCO3. The monoisotopic (exact) mass is 578 g/mol. The van der Waals surface area contributed by atoms with Gasteiger partial charge in [-0.15, -0.1) is 0 Å². The van der Waals surface area contributed by atoms with E-state index in [0.29, 0.717) is 18.1 Å². The Morgan fingerprint density at radius 1 is 0.951 bits per heavy atom. The molecule has 1 aliphatic carbocycles. The number of rotatable bonds is 8. The highest BCUT2D eigenvalue weighted by Gasteiger charge is 2.52. The summed E-state index contributed by atoms with van der Waals surface area (Å²) in [6, 6.07) is 16.9. The van der Waals surface area contributed by atoms with Crippen molar-refractivity contribution in [2.75, 3.05) is 33.4 Å². The normalized spacial score (nSPS) is 21.9. The fourth-order valence-corrected chi connectivity index (χ4v) is 7.15. The van der Waals surface area contributed by atoms with E-state index < -0.39 is 12.1 Å². The fourth-order valence-electron chi connectivity index (χ4n) is 5.91. The predicted octanol–water partition coefficient (Wildman–Crippen LogP) is 5.88. The van der Waals surface area contributed by atoms with Crippen LogP contribution in [0.2, 0.25) is 0 Å². The zero-order chi connectivity index (χ0) is 28.5. The lowest BCUT2D eigenvalue weighted by Gasteiger charge is -2.39. The molecule has 41 heavy (non-hydrogen) atoms. The first-order valence-corrected chi connectivity index (χ1v) is 14.4. The third kappa shape index (κ3) is 5.01. The number of benzene rings is 3. The van der Waals surface area contributed by atoms with Crippen molar-refractivity contribution in [3.63, 3.8) is 0 Å². The molecule has 0 radical (unpaired) electrons. The van der Waals surface area contributed by atoms with Gasteiger partial charge in [-0.25, -0.2) is 4.79 Å². The number of thioether (sulfide) groups is 1. The van der Waals surface area contributed by atoms with Crippen molar-refractivity contribution in [3.05, 3.63) is 76.9 Å². The molecule has 2 aliphatic heterocycles. The van der Waals surface area contributed by atoms with Crippen molar-refractivity contribution < 1.29 is 42.7 Å². The van der Waals surface area contributed by atoms with Gasteiger partial charge in [0.1, 0.15) is 6.61 Å². The maximum atomic E-state index is 13.3. The van der Waals surface area contributed by atoms with Crippen molar-refractivity contribution >= 4 is 23.9 Å². The number of carbonyl (C=O) groups is 2. The zero-order valence-corrected chi connectivity index (χ0v) is 23.7. The Morgan fingerprint density at radius 2 is 1.63 bits per heavy atom. The third-order valence-corrected chi connectivity index (χ3v) is 8.99. The largest absolute Gasteiger partial charge is 0.514 e. The molecule has 0 aromatic heterocycles. The van der Waals surface area contributed by atoms with Gasteiger partial charge in [0.15, 0.2) is 23.0 Å². The topological polar surface area (TPSA) is 98.8 Å². The minimum absolute atomic E-state index is 0.0359. The highest BCUT2D eigenvalue weighted by Crippen LogP contribution is 2.58. The lowest BCUT2D eigenvalue weighted by Crippen LogP contribution is -2.33. The summed E-state index contributed by atoms with van der Waals surface area (Å²) < 4.78 is 39.3. The number of cyclic esters (lactones) is 1. The summed E-state index contributed by atoms with van der Waals surface area (Å²) in [5.74, 6) is 1.76. The Labute approximate surface area is 242 Å². The van der Waals surface area contributed by atoms with Crippen molar-refractivity contribution in [2.45, 2.75) is 24.7 Å². The minimum atomic E-state index is -0.896. The first kappa shape index (κ1) is 27.1. The van der Waals surface area contributed by atoms with Crippen LogP contribution >= 0.6 is 11.8 Å². The zero-order valence-electron chi connectivity index (χ0n) is 22.9. The van der Waals surface area contributed by atoms with E-state index in [1.807, 2.05) is 42.5 Å². The summed E-state index contributed by atoms with van der Waals surface area (Å²) in [6.45, 7) is 2.65. The standard InChI is InChI=1S/C31H30O9S/c1-4-41-29-20-13-23-22(38-16-39-23)12-19(20)26(27-21(29)15-36-30(27)32)18-10-24(34-2)28(25(11-18)35-3)40-31(33)37-14-17-8-6-5-7-9-17/h5-13,21,26-27,29H,4,14-16H2,1-3H3/t21-,26+,27-,29+/m0/s1. The van der Waals surface area contributed by atoms with E-state index >= 15 is 0 Å². The highest BCUT2D eigenvalue weighted by atomic mass is 32.2. The van der Waals surface area contributed by atoms with E-state index in [9.17, 15) is 9.59 Å². The van der Waals surface area contributed by atoms with Gasteiger partial charge in [0.25, 0.3) is 0 Å². The van der Waals surface area contributed by atoms with Crippen molar-refractivity contribution in [3.8, 4) is 28.7 Å². The molecule has 1 saturated heterocycles. The molecule has 0 spiro atoms. The first-order chi connectivity index (χ1) is 20.0. The average Bonchev–Trinajstić information content (AvgIpc) is 3.62. The summed E-state index contributed by atoms with van der Waals surface area (Å²) >= 11 is 1.79. The third-order valence-electron chi connectivity index (χ3n) is 7.69. The van der Waals surface area contributed by atoms with Crippen LogP contribution in [0, 0.1) is 11.8 Å². The quantitative estimate of drug-likeness (QED) is 0.238. The van der Waals surface area contributed by atoms with Crippen molar-refractivity contribution in [1.29, 1.82) is 0 Å². The molecule has 3 aliphatic rings. The van der Waals surface area contributed by atoms with Crippen LogP contribution in [0.3, 0.4) is 0 Å². The van der Waals surface area contributed by atoms with Gasteiger partial charge >= 0.3 is 12.1 Å². The molecule has 6 rings (SSSR count). The molecule has 0 bridgehead atoms. The Hall–Kier alpha value is -4.05. The Kier molecular flexibility index (Phi) is 7.57. The van der Waals surface area contributed by atoms with Gasteiger partial charge in [0, 0.05) is 17.1 Å². The number of carbonyl (C=O) groups excluding carboxylic acids is 2. The molecule has 3 aromatic carbocycles. The molecule has 214 valence electrons. The molecule has 3 aromatic rings. The van der Waals surface area contributed by atoms with Crippen LogP contribution in [0.15, 0.2) is 54.6 Å². The lowest BCUT2D eigenvalue weighted by molar-refractivity contribution is -0.141. The second-order valence-corrected chi connectivity index (χ2v) is 11.3. The van der Waals surface area contributed by atoms with Crippen LogP contribution in [-0.2, 0) is 20.9 Å². The Bertz CT molecular complexity index is 1430. The van der Waals surface area contributed by atoms with Crippen LogP contribution < -0.4 is 23.7 Å². The second kappa shape index (κ2) is 11.4. The van der Waals surface area contributed by atoms with Crippen LogP contribution in [0.1, 0.15) is 40.3 Å². The predicted molar refractivity (Wildman–Crippen MR) is 150 cm³/mol. The molecule has 1 fully saturated rings. The van der Waals surface area contributed by atoms with E-state index in [1.165, 1.54) is 14.2 Å². The summed E-state index contributed by atoms with van der Waals surface area (Å²) in [5.41, 5.74) is 3.64. The van der Waals surface area contributed by atoms with Gasteiger partial charge in [-0.1, -0.05) is 37.3 Å². The molecule has 0 amide bonds. The van der Waals surface area contributed by atoms with Gasteiger partial charge in [-0.05, 0) is 52.3 Å². The molecule has 9 nitrogen and oxygen atoms in total. The summed E-state index contributed by atoms with van der Waals surface area (Å²) in [4.78, 5) is 25.9. The molecule has 0 N–H and O–H groups in total. The Morgan fingerprint density at radius 3 is 2.29 bits per heavy atom. The number of hydrogen-bond donors (Lipinski definition) is 0. The fraction of sp³-hybridized carbons (Fsp3) is 0.355. The van der Waals surface area contributed by atoms with E-state index in [1.54, 1.807) is 23.9 Å². The van der Waals surface area contributed by atoms with Crippen LogP contribution in [0.5, 0.6) is 28.7 Å². The van der Waals surface area contributed by atoms with Crippen molar-refractivity contribution in [2.24, 2.45) is 11.8 Å². The second-order valence-electron chi connectivity index (χ2n) is 9.89. The number of ether oxygens (including phenoxy) is 7. The highest BCUT2D eigenvalue weighted by molar-refractivity contribution is 7.99. The molecule has 10 heteroatoms. The van der Waals surface area contributed by atoms with Crippen LogP contribution in [-0.4, -0.2) is 45.5 Å². The summed E-state index contributed by atoms with van der Waals surface area (Å²) in [6.07, 6.45) is -0.896. The molecule has 0 saturated carbocycles. The summed E-state index contributed by atoms with van der Waals surface area (Å²) in [7, 11) is 2.96. The molecular formula is C31H30O9S.